The number of aromatic amines is 1. The predicted octanol–water partition coefficient (Wildman–Crippen LogP) is 4.76. The van der Waals surface area contributed by atoms with Gasteiger partial charge in [0.15, 0.2) is 0 Å². The molecule has 34 heavy (non-hydrogen) atoms. The second-order valence-corrected chi connectivity index (χ2v) is 8.91. The highest BCUT2D eigenvalue weighted by Gasteiger charge is 2.13. The number of rotatable bonds is 5. The molecule has 6 aromatic rings. The zero-order chi connectivity index (χ0) is 23.2. The lowest BCUT2D eigenvalue weighted by molar-refractivity contribution is 0.560. The number of benzene rings is 2. The Morgan fingerprint density at radius 1 is 1.06 bits per heavy atom. The zero-order valence-corrected chi connectivity index (χ0v) is 19.2. The van der Waals surface area contributed by atoms with E-state index in [1.165, 1.54) is 17.8 Å². The van der Waals surface area contributed by atoms with E-state index in [-0.39, 0.29) is 5.63 Å². The number of nitrogens with zero attached hydrogens (tertiary/aromatic N) is 5. The van der Waals surface area contributed by atoms with Gasteiger partial charge in [0.1, 0.15) is 17.2 Å². The Labute approximate surface area is 197 Å². The van der Waals surface area contributed by atoms with Gasteiger partial charge in [0.05, 0.1) is 16.8 Å². The lowest BCUT2D eigenvalue weighted by Gasteiger charge is -2.09. The van der Waals surface area contributed by atoms with Crippen LogP contribution < -0.4 is 10.9 Å². The van der Waals surface area contributed by atoms with Crippen molar-refractivity contribution < 1.29 is 4.42 Å². The molecule has 2 N–H and O–H groups in total. The Morgan fingerprint density at radius 3 is 2.82 bits per heavy atom. The van der Waals surface area contributed by atoms with Crippen LogP contribution in [0.25, 0.3) is 27.8 Å². The van der Waals surface area contributed by atoms with Gasteiger partial charge in [0.25, 0.3) is 5.78 Å². The van der Waals surface area contributed by atoms with Crippen LogP contribution in [0.3, 0.4) is 0 Å². The monoisotopic (exact) mass is 469 g/mol. The number of fused-ring (bicyclic) bond motifs is 3. The molecule has 2 aromatic carbocycles. The van der Waals surface area contributed by atoms with Crippen LogP contribution in [0.1, 0.15) is 17.1 Å². The van der Waals surface area contributed by atoms with E-state index in [1.807, 2.05) is 56.3 Å². The fourth-order valence-corrected chi connectivity index (χ4v) is 4.56. The minimum Gasteiger partial charge on any atom is -0.423 e. The summed E-state index contributed by atoms with van der Waals surface area (Å²) >= 11 is 1.49. The number of aromatic nitrogens is 6. The number of H-pyrrole nitrogens is 1. The van der Waals surface area contributed by atoms with Crippen molar-refractivity contribution in [1.29, 1.82) is 0 Å². The van der Waals surface area contributed by atoms with Crippen LogP contribution in [-0.2, 0) is 5.75 Å². The van der Waals surface area contributed by atoms with Crippen molar-refractivity contribution in [3.8, 4) is 0 Å². The van der Waals surface area contributed by atoms with Crippen molar-refractivity contribution in [2.24, 2.45) is 0 Å². The molecule has 0 spiro atoms. The molecule has 4 heterocycles. The quantitative estimate of drug-likeness (QED) is 0.274. The van der Waals surface area contributed by atoms with E-state index >= 15 is 0 Å². The fraction of sp³-hybridized carbons (Fsp3) is 0.125. The lowest BCUT2D eigenvalue weighted by atomic mass is 10.1. The van der Waals surface area contributed by atoms with E-state index in [2.05, 4.69) is 30.4 Å². The number of aryl methyl sites for hydroxylation is 2. The predicted molar refractivity (Wildman–Crippen MR) is 132 cm³/mol. The van der Waals surface area contributed by atoms with Crippen LogP contribution in [-0.4, -0.2) is 29.5 Å². The van der Waals surface area contributed by atoms with Crippen LogP contribution >= 0.6 is 11.8 Å². The molecule has 10 heteroatoms. The van der Waals surface area contributed by atoms with Gasteiger partial charge in [0.2, 0.25) is 5.16 Å². The molecule has 0 aliphatic heterocycles. The summed E-state index contributed by atoms with van der Waals surface area (Å²) in [4.78, 5) is 28.8. The minimum atomic E-state index is -0.369. The van der Waals surface area contributed by atoms with Crippen LogP contribution in [0.2, 0.25) is 0 Å². The van der Waals surface area contributed by atoms with Gasteiger partial charge in [-0.05, 0) is 43.7 Å². The molecule has 0 saturated heterocycles. The first-order valence-electron chi connectivity index (χ1n) is 10.6. The molecule has 0 bridgehead atoms. The second-order valence-electron chi connectivity index (χ2n) is 7.96. The topological polar surface area (TPSA) is 114 Å². The second kappa shape index (κ2) is 7.99. The standard InChI is InChI=1S/C24H19N7O2S/c1-13-9-22(32)33-19-11-15(7-8-16(13)19)26-21-10-14(2)25-23-29-24(30-31(21)23)34-12-20-27-17-5-3-4-6-18(17)28-20/h3-11,26H,12H2,1-2H3,(H,27,28). The molecular weight excluding hydrogens is 450 g/mol. The average molecular weight is 470 g/mol. The Balaban J connectivity index is 1.30. The van der Waals surface area contributed by atoms with Crippen LogP contribution in [0.5, 0.6) is 0 Å². The van der Waals surface area contributed by atoms with Gasteiger partial charge >= 0.3 is 5.63 Å². The summed E-state index contributed by atoms with van der Waals surface area (Å²) in [6.07, 6.45) is 0. The first-order chi connectivity index (χ1) is 16.5. The van der Waals surface area contributed by atoms with Gasteiger partial charge in [-0.2, -0.15) is 9.50 Å². The molecule has 0 amide bonds. The molecule has 6 rings (SSSR count). The summed E-state index contributed by atoms with van der Waals surface area (Å²) in [5.41, 5.74) is 4.55. The van der Waals surface area contributed by atoms with Crippen LogP contribution in [0, 0.1) is 13.8 Å². The number of hydrogen-bond donors (Lipinski definition) is 2. The Bertz CT molecular complexity index is 1720. The minimum absolute atomic E-state index is 0.369. The SMILES string of the molecule is Cc1cc(Nc2ccc3c(C)cc(=O)oc3c2)n2nc(SCc3nc4ccccc4[nH]3)nc2n1. The molecule has 4 aromatic heterocycles. The molecule has 0 saturated carbocycles. The largest absolute Gasteiger partial charge is 0.423 e. The molecule has 9 nitrogen and oxygen atoms in total. The average Bonchev–Trinajstić information content (AvgIpc) is 3.40. The number of anilines is 2. The number of para-hydroxylation sites is 2. The van der Waals surface area contributed by atoms with E-state index in [1.54, 1.807) is 10.6 Å². The molecule has 0 aliphatic carbocycles. The molecule has 0 unspecified atom stereocenters. The first-order valence-corrected chi connectivity index (χ1v) is 11.6. The third-order valence-corrected chi connectivity index (χ3v) is 6.27. The zero-order valence-electron chi connectivity index (χ0n) is 18.4. The number of nitrogens with one attached hydrogen (secondary N) is 2. The summed E-state index contributed by atoms with van der Waals surface area (Å²) in [5.74, 6) is 2.68. The molecule has 168 valence electrons. The van der Waals surface area contributed by atoms with Crippen molar-refractivity contribution in [2.45, 2.75) is 24.8 Å². The maximum absolute atomic E-state index is 11.8. The number of hydrogen-bond acceptors (Lipinski definition) is 8. The normalized spacial score (nSPS) is 11.6. The maximum atomic E-state index is 11.8. The molecular formula is C24H19N7O2S. The summed E-state index contributed by atoms with van der Waals surface area (Å²) < 4.78 is 7.05. The summed E-state index contributed by atoms with van der Waals surface area (Å²) in [7, 11) is 0. The van der Waals surface area contributed by atoms with Crippen molar-refractivity contribution in [2.75, 3.05) is 5.32 Å². The van der Waals surface area contributed by atoms with E-state index in [4.69, 9.17) is 4.42 Å². The van der Waals surface area contributed by atoms with E-state index in [9.17, 15) is 4.79 Å². The van der Waals surface area contributed by atoms with Crippen molar-refractivity contribution in [3.63, 3.8) is 0 Å². The van der Waals surface area contributed by atoms with Crippen molar-refractivity contribution >= 4 is 51.0 Å². The molecule has 0 radical (unpaired) electrons. The van der Waals surface area contributed by atoms with E-state index in [0.29, 0.717) is 28.1 Å². The maximum Gasteiger partial charge on any atom is 0.336 e. The van der Waals surface area contributed by atoms with Crippen molar-refractivity contribution in [3.05, 3.63) is 82.1 Å². The Kier molecular flexibility index (Phi) is 4.80. The first kappa shape index (κ1) is 20.4. The van der Waals surface area contributed by atoms with Crippen LogP contribution in [0.4, 0.5) is 11.5 Å². The third-order valence-electron chi connectivity index (χ3n) is 5.42. The van der Waals surface area contributed by atoms with Gasteiger partial charge in [-0.1, -0.05) is 23.9 Å². The summed E-state index contributed by atoms with van der Waals surface area (Å²) in [6, 6.07) is 17.0. The van der Waals surface area contributed by atoms with Gasteiger partial charge in [0, 0.05) is 35.0 Å². The summed E-state index contributed by atoms with van der Waals surface area (Å²) in [6.45, 7) is 3.80. The van der Waals surface area contributed by atoms with Gasteiger partial charge in [-0.25, -0.2) is 14.8 Å². The Hall–Kier alpha value is -4.18. The molecule has 0 atom stereocenters. The summed E-state index contributed by atoms with van der Waals surface area (Å²) in [5, 5.41) is 9.49. The third kappa shape index (κ3) is 3.77. The van der Waals surface area contributed by atoms with Gasteiger partial charge < -0.3 is 14.7 Å². The van der Waals surface area contributed by atoms with Crippen LogP contribution in [0.15, 0.2) is 69.0 Å². The molecule has 0 fully saturated rings. The smallest absolute Gasteiger partial charge is 0.336 e. The van der Waals surface area contributed by atoms with E-state index in [0.717, 1.165) is 39.2 Å². The fourth-order valence-electron chi connectivity index (χ4n) is 3.88. The highest BCUT2D eigenvalue weighted by Crippen LogP contribution is 2.26. The van der Waals surface area contributed by atoms with Gasteiger partial charge in [-0.15, -0.1) is 5.10 Å². The van der Waals surface area contributed by atoms with Crippen molar-refractivity contribution in [1.82, 2.24) is 29.5 Å². The van der Waals surface area contributed by atoms with Gasteiger partial charge in [-0.3, -0.25) is 0 Å². The highest BCUT2D eigenvalue weighted by molar-refractivity contribution is 7.98. The lowest BCUT2D eigenvalue weighted by Crippen LogP contribution is -2.03. The molecule has 0 aliphatic rings. The number of thioether (sulfide) groups is 1. The van der Waals surface area contributed by atoms with E-state index < -0.39 is 0 Å². The highest BCUT2D eigenvalue weighted by atomic mass is 32.2. The Morgan fingerprint density at radius 2 is 1.94 bits per heavy atom. The number of imidazole rings is 1.